The van der Waals surface area contributed by atoms with E-state index in [4.69, 9.17) is 15.3 Å². The van der Waals surface area contributed by atoms with Crippen LogP contribution in [0.3, 0.4) is 0 Å². The fourth-order valence-corrected chi connectivity index (χ4v) is 0.770. The molecule has 5 heteroatoms. The average Bonchev–Trinajstić information content (AvgIpc) is 1.93. The Morgan fingerprint density at radius 2 is 1.80 bits per heavy atom. The zero-order valence-corrected chi connectivity index (χ0v) is 5.14. The molecule has 0 amide bonds. The molecule has 1 saturated heterocycles. The zero-order valence-electron chi connectivity index (χ0n) is 5.14. The zero-order chi connectivity index (χ0) is 7.72. The molecule has 0 saturated carbocycles. The monoisotopic (exact) mass is 152 g/mol. The van der Waals surface area contributed by atoms with Gasteiger partial charge in [-0.3, -0.25) is 0 Å². The van der Waals surface area contributed by atoms with Gasteiger partial charge in [0.15, 0.2) is 0 Å². The van der Waals surface area contributed by atoms with E-state index in [1.807, 2.05) is 0 Å². The maximum absolute atomic E-state index is 12.3. The minimum absolute atomic E-state index is 0.278. The highest BCUT2D eigenvalue weighted by Crippen LogP contribution is 2.15. The third kappa shape index (κ3) is 1.27. The summed E-state index contributed by atoms with van der Waals surface area (Å²) in [5.74, 6) is 0. The largest absolute Gasteiger partial charge is 0.388 e. The SMILES string of the molecule is O[C@@H]1[C@@H](O)[C@@H](F)OC[C@@H]1O. The van der Waals surface area contributed by atoms with E-state index < -0.39 is 24.7 Å². The standard InChI is InChI=1S/C5H9FO4/c6-5-4(9)3(8)2(7)1-10-5/h2-5,7-9H,1H2/t2-,3-,4+,5-/m0/s1. The van der Waals surface area contributed by atoms with E-state index in [9.17, 15) is 4.39 Å². The van der Waals surface area contributed by atoms with Crippen LogP contribution < -0.4 is 0 Å². The van der Waals surface area contributed by atoms with Gasteiger partial charge >= 0.3 is 0 Å². The predicted octanol–water partition coefficient (Wildman–Crippen LogP) is -1.61. The van der Waals surface area contributed by atoms with E-state index in [2.05, 4.69) is 4.74 Å². The molecular weight excluding hydrogens is 143 g/mol. The second kappa shape index (κ2) is 2.79. The molecule has 0 aromatic rings. The van der Waals surface area contributed by atoms with E-state index >= 15 is 0 Å². The molecule has 0 aliphatic carbocycles. The van der Waals surface area contributed by atoms with Gasteiger partial charge in [0.05, 0.1) is 6.61 Å². The van der Waals surface area contributed by atoms with E-state index in [1.165, 1.54) is 0 Å². The molecule has 1 rings (SSSR count). The summed E-state index contributed by atoms with van der Waals surface area (Å²) in [6, 6.07) is 0. The molecule has 0 aromatic heterocycles. The van der Waals surface area contributed by atoms with Gasteiger partial charge < -0.3 is 20.1 Å². The Kier molecular flexibility index (Phi) is 2.20. The van der Waals surface area contributed by atoms with Crippen molar-refractivity contribution >= 4 is 0 Å². The van der Waals surface area contributed by atoms with Crippen molar-refractivity contribution in [1.29, 1.82) is 0 Å². The van der Waals surface area contributed by atoms with Crippen molar-refractivity contribution < 1.29 is 24.4 Å². The van der Waals surface area contributed by atoms with Crippen LogP contribution in [0.4, 0.5) is 4.39 Å². The molecule has 0 spiro atoms. The topological polar surface area (TPSA) is 69.9 Å². The summed E-state index contributed by atoms with van der Waals surface area (Å²) in [7, 11) is 0. The Bertz CT molecular complexity index is 106. The molecule has 1 fully saturated rings. The number of aliphatic hydroxyl groups excluding tert-OH is 3. The number of halogens is 1. The van der Waals surface area contributed by atoms with Gasteiger partial charge in [0, 0.05) is 0 Å². The van der Waals surface area contributed by atoms with Gasteiger partial charge in [-0.05, 0) is 0 Å². The first-order valence-corrected chi connectivity index (χ1v) is 2.93. The second-order valence-electron chi connectivity index (χ2n) is 2.23. The third-order valence-electron chi connectivity index (χ3n) is 1.44. The van der Waals surface area contributed by atoms with E-state index in [0.717, 1.165) is 0 Å². The summed E-state index contributed by atoms with van der Waals surface area (Å²) in [5.41, 5.74) is 0. The number of ether oxygens (including phenoxy) is 1. The molecule has 10 heavy (non-hydrogen) atoms. The second-order valence-corrected chi connectivity index (χ2v) is 2.23. The van der Waals surface area contributed by atoms with Crippen molar-refractivity contribution in [2.45, 2.75) is 24.7 Å². The minimum Gasteiger partial charge on any atom is -0.388 e. The normalized spacial score (nSPS) is 49.2. The van der Waals surface area contributed by atoms with E-state index in [0.29, 0.717) is 0 Å². The molecule has 0 aromatic carbocycles. The molecule has 1 aliphatic rings. The van der Waals surface area contributed by atoms with Gasteiger partial charge in [-0.1, -0.05) is 0 Å². The predicted molar refractivity (Wildman–Crippen MR) is 28.9 cm³/mol. The van der Waals surface area contributed by atoms with E-state index in [1.54, 1.807) is 0 Å². The average molecular weight is 152 g/mol. The first kappa shape index (κ1) is 7.87. The molecular formula is C5H9FO4. The molecule has 60 valence electrons. The summed E-state index contributed by atoms with van der Waals surface area (Å²) in [4.78, 5) is 0. The Hall–Kier alpha value is -0.230. The molecule has 0 unspecified atom stereocenters. The maximum atomic E-state index is 12.3. The molecule has 1 heterocycles. The quantitative estimate of drug-likeness (QED) is 0.391. The van der Waals surface area contributed by atoms with Crippen molar-refractivity contribution in [2.75, 3.05) is 6.61 Å². The fraction of sp³-hybridized carbons (Fsp3) is 1.00. The highest BCUT2D eigenvalue weighted by molar-refractivity contribution is 4.81. The molecule has 0 radical (unpaired) electrons. The minimum atomic E-state index is -1.89. The number of alkyl halides is 1. The Labute approximate surface area is 56.9 Å². The third-order valence-corrected chi connectivity index (χ3v) is 1.44. The molecule has 4 atom stereocenters. The van der Waals surface area contributed by atoms with Gasteiger partial charge in [0.2, 0.25) is 6.36 Å². The molecule has 4 nitrogen and oxygen atoms in total. The lowest BCUT2D eigenvalue weighted by atomic mass is 10.1. The number of aliphatic hydroxyl groups is 3. The van der Waals surface area contributed by atoms with E-state index in [-0.39, 0.29) is 6.61 Å². The summed E-state index contributed by atoms with van der Waals surface area (Å²) >= 11 is 0. The number of rotatable bonds is 0. The lowest BCUT2D eigenvalue weighted by Crippen LogP contribution is -2.51. The molecule has 3 N–H and O–H groups in total. The Morgan fingerprint density at radius 1 is 1.20 bits per heavy atom. The van der Waals surface area contributed by atoms with Crippen molar-refractivity contribution in [2.24, 2.45) is 0 Å². The van der Waals surface area contributed by atoms with Crippen LogP contribution in [0.25, 0.3) is 0 Å². The van der Waals surface area contributed by atoms with Crippen LogP contribution in [0.5, 0.6) is 0 Å². The van der Waals surface area contributed by atoms with Gasteiger partial charge in [-0.2, -0.15) is 0 Å². The first-order chi connectivity index (χ1) is 4.63. The lowest BCUT2D eigenvalue weighted by Gasteiger charge is -2.30. The van der Waals surface area contributed by atoms with Crippen molar-refractivity contribution in [3.8, 4) is 0 Å². The van der Waals surface area contributed by atoms with Crippen LogP contribution in [-0.4, -0.2) is 46.6 Å². The van der Waals surface area contributed by atoms with Gasteiger partial charge in [0.1, 0.15) is 18.3 Å². The van der Waals surface area contributed by atoms with Gasteiger partial charge in [0.25, 0.3) is 0 Å². The fourth-order valence-electron chi connectivity index (χ4n) is 0.770. The summed E-state index contributed by atoms with van der Waals surface area (Å²) in [6.45, 7) is -0.278. The highest BCUT2D eigenvalue weighted by atomic mass is 19.1. The summed E-state index contributed by atoms with van der Waals surface area (Å²) < 4.78 is 16.5. The van der Waals surface area contributed by atoms with Crippen LogP contribution in [0.2, 0.25) is 0 Å². The summed E-state index contributed by atoms with van der Waals surface area (Å²) in [5, 5.41) is 26.3. The highest BCUT2D eigenvalue weighted by Gasteiger charge is 2.37. The van der Waals surface area contributed by atoms with Crippen molar-refractivity contribution in [3.63, 3.8) is 0 Å². The van der Waals surface area contributed by atoms with Crippen LogP contribution in [-0.2, 0) is 4.74 Å². The Morgan fingerprint density at radius 3 is 2.30 bits per heavy atom. The van der Waals surface area contributed by atoms with Crippen LogP contribution in [0.1, 0.15) is 0 Å². The first-order valence-electron chi connectivity index (χ1n) is 2.93. The van der Waals surface area contributed by atoms with Crippen LogP contribution in [0.15, 0.2) is 0 Å². The van der Waals surface area contributed by atoms with Crippen molar-refractivity contribution in [1.82, 2.24) is 0 Å². The van der Waals surface area contributed by atoms with Gasteiger partial charge in [-0.15, -0.1) is 0 Å². The summed E-state index contributed by atoms with van der Waals surface area (Å²) in [6.07, 6.45) is -6.16. The smallest absolute Gasteiger partial charge is 0.227 e. The Balaban J connectivity index is 2.52. The van der Waals surface area contributed by atoms with Crippen LogP contribution >= 0.6 is 0 Å². The molecule has 0 bridgehead atoms. The molecule has 1 aliphatic heterocycles. The lowest BCUT2D eigenvalue weighted by molar-refractivity contribution is -0.224. The van der Waals surface area contributed by atoms with Crippen LogP contribution in [0, 0.1) is 0 Å². The van der Waals surface area contributed by atoms with Gasteiger partial charge in [-0.25, -0.2) is 4.39 Å². The number of hydrogen-bond acceptors (Lipinski definition) is 4. The maximum Gasteiger partial charge on any atom is 0.227 e. The number of hydrogen-bond donors (Lipinski definition) is 3. The van der Waals surface area contributed by atoms with Crippen molar-refractivity contribution in [3.05, 3.63) is 0 Å².